The third-order valence-electron chi connectivity index (χ3n) is 7.50. The molecule has 36 heavy (non-hydrogen) atoms. The summed E-state index contributed by atoms with van der Waals surface area (Å²) in [6.45, 7) is 9.81. The predicted octanol–water partition coefficient (Wildman–Crippen LogP) is 5.32. The summed E-state index contributed by atoms with van der Waals surface area (Å²) in [5.41, 5.74) is 5.18. The Morgan fingerprint density at radius 2 is 1.83 bits per heavy atom. The molecular weight excluding hydrogens is 448 g/mol. The summed E-state index contributed by atoms with van der Waals surface area (Å²) in [6, 6.07) is 17.1. The van der Waals surface area contributed by atoms with E-state index in [0.717, 1.165) is 46.3 Å². The Kier molecular flexibility index (Phi) is 7.01. The summed E-state index contributed by atoms with van der Waals surface area (Å²) in [6.07, 6.45) is 4.70. The fourth-order valence-electron chi connectivity index (χ4n) is 5.86. The molecule has 1 aliphatic carbocycles. The zero-order chi connectivity index (χ0) is 25.2. The van der Waals surface area contributed by atoms with E-state index in [1.807, 2.05) is 22.9 Å². The van der Waals surface area contributed by atoms with E-state index in [0.29, 0.717) is 19.1 Å². The number of aromatic nitrogens is 5. The average molecular weight is 485 g/mol. The molecule has 2 aromatic carbocycles. The van der Waals surface area contributed by atoms with Crippen LogP contribution >= 0.6 is 0 Å². The van der Waals surface area contributed by atoms with E-state index in [1.165, 1.54) is 18.4 Å². The normalized spacial score (nSPS) is 15.4. The second kappa shape index (κ2) is 10.3. The van der Waals surface area contributed by atoms with Gasteiger partial charge in [0, 0.05) is 18.2 Å². The molecule has 0 saturated heterocycles. The van der Waals surface area contributed by atoms with Crippen LogP contribution in [-0.2, 0) is 13.1 Å². The first-order valence-corrected chi connectivity index (χ1v) is 13.1. The van der Waals surface area contributed by atoms with Gasteiger partial charge in [-0.25, -0.2) is 4.68 Å². The third-order valence-corrected chi connectivity index (χ3v) is 7.50. The molecule has 7 heteroatoms. The van der Waals surface area contributed by atoms with Crippen molar-refractivity contribution in [1.82, 2.24) is 30.1 Å². The molecule has 1 N–H and O–H groups in total. The van der Waals surface area contributed by atoms with E-state index < -0.39 is 0 Å². The molecule has 1 saturated carbocycles. The lowest BCUT2D eigenvalue weighted by molar-refractivity contribution is 0.0844. The zero-order valence-corrected chi connectivity index (χ0v) is 21.7. The van der Waals surface area contributed by atoms with Crippen molar-refractivity contribution < 1.29 is 0 Å². The number of nitrogens with one attached hydrogen (secondary N) is 1. The number of rotatable bonds is 8. The van der Waals surface area contributed by atoms with Crippen LogP contribution in [0, 0.1) is 19.8 Å². The minimum absolute atomic E-state index is 0.00107. The Hall–Kier alpha value is -3.32. The molecule has 1 unspecified atom stereocenters. The summed E-state index contributed by atoms with van der Waals surface area (Å²) in [5, 5.41) is 14.1. The molecule has 0 aliphatic heterocycles. The lowest BCUT2D eigenvalue weighted by atomic mass is 9.97. The molecule has 7 nitrogen and oxygen atoms in total. The highest BCUT2D eigenvalue weighted by atomic mass is 16.1. The molecule has 0 amide bonds. The smallest absolute Gasteiger partial charge is 0.252 e. The lowest BCUT2D eigenvalue weighted by Gasteiger charge is -2.38. The summed E-state index contributed by atoms with van der Waals surface area (Å²) in [7, 11) is 0. The van der Waals surface area contributed by atoms with Crippen molar-refractivity contribution in [3.05, 3.63) is 87.0 Å². The number of pyridine rings is 1. The number of fused-ring (bicyclic) bond motifs is 1. The Bertz CT molecular complexity index is 1380. The SMILES string of the molecule is Cc1cc(C)c2[nH]c(=O)c(CN(C3CCCC3)C(c3nnnn3Cc3ccccc3)C(C)C)cc2c1. The van der Waals surface area contributed by atoms with E-state index >= 15 is 0 Å². The Labute approximate surface area is 212 Å². The Morgan fingerprint density at radius 3 is 2.56 bits per heavy atom. The fraction of sp³-hybridized carbons (Fsp3) is 0.448. The van der Waals surface area contributed by atoms with E-state index in [-0.39, 0.29) is 17.5 Å². The van der Waals surface area contributed by atoms with Crippen molar-refractivity contribution in [3.63, 3.8) is 0 Å². The van der Waals surface area contributed by atoms with Gasteiger partial charge in [0.25, 0.3) is 5.56 Å². The quantitative estimate of drug-likeness (QED) is 0.366. The first-order valence-electron chi connectivity index (χ1n) is 13.1. The third kappa shape index (κ3) is 4.98. The van der Waals surface area contributed by atoms with Crippen LogP contribution in [0.5, 0.6) is 0 Å². The summed E-state index contributed by atoms with van der Waals surface area (Å²) >= 11 is 0. The van der Waals surface area contributed by atoms with Crippen LogP contribution in [0.4, 0.5) is 0 Å². The predicted molar refractivity (Wildman–Crippen MR) is 143 cm³/mol. The summed E-state index contributed by atoms with van der Waals surface area (Å²) < 4.78 is 1.93. The molecule has 4 aromatic rings. The maximum absolute atomic E-state index is 13.3. The van der Waals surface area contributed by atoms with E-state index in [4.69, 9.17) is 0 Å². The number of hydrogen-bond donors (Lipinski definition) is 1. The van der Waals surface area contributed by atoms with E-state index in [1.54, 1.807) is 0 Å². The van der Waals surface area contributed by atoms with Crippen LogP contribution in [0.15, 0.2) is 53.3 Å². The van der Waals surface area contributed by atoms with Gasteiger partial charge >= 0.3 is 0 Å². The van der Waals surface area contributed by atoms with Crippen molar-refractivity contribution in [3.8, 4) is 0 Å². The number of tetrazole rings is 1. The minimum Gasteiger partial charge on any atom is -0.321 e. The van der Waals surface area contributed by atoms with Crippen molar-refractivity contribution in [2.24, 2.45) is 5.92 Å². The maximum Gasteiger partial charge on any atom is 0.252 e. The molecular formula is C29H36N6O. The highest BCUT2D eigenvalue weighted by molar-refractivity contribution is 5.82. The van der Waals surface area contributed by atoms with Gasteiger partial charge in [0.2, 0.25) is 0 Å². The van der Waals surface area contributed by atoms with Crippen LogP contribution in [0.3, 0.4) is 0 Å². The van der Waals surface area contributed by atoms with Gasteiger partial charge in [-0.15, -0.1) is 5.10 Å². The van der Waals surface area contributed by atoms with Gasteiger partial charge in [0.1, 0.15) is 0 Å². The molecule has 0 bridgehead atoms. The first kappa shape index (κ1) is 24.4. The first-order chi connectivity index (χ1) is 17.4. The van der Waals surface area contributed by atoms with Crippen molar-refractivity contribution in [1.29, 1.82) is 0 Å². The van der Waals surface area contributed by atoms with Crippen LogP contribution < -0.4 is 5.56 Å². The van der Waals surface area contributed by atoms with Crippen molar-refractivity contribution in [2.75, 3.05) is 0 Å². The van der Waals surface area contributed by atoms with Gasteiger partial charge in [-0.3, -0.25) is 9.69 Å². The molecule has 2 heterocycles. The van der Waals surface area contributed by atoms with Gasteiger partial charge in [-0.2, -0.15) is 0 Å². The largest absolute Gasteiger partial charge is 0.321 e. The average Bonchev–Trinajstić information content (AvgIpc) is 3.53. The molecule has 188 valence electrons. The van der Waals surface area contributed by atoms with Gasteiger partial charge in [-0.1, -0.05) is 68.7 Å². The van der Waals surface area contributed by atoms with Gasteiger partial charge in [0.05, 0.1) is 18.1 Å². The summed E-state index contributed by atoms with van der Waals surface area (Å²) in [5.74, 6) is 1.14. The monoisotopic (exact) mass is 484 g/mol. The highest BCUT2D eigenvalue weighted by Gasteiger charge is 2.35. The number of aromatic amines is 1. The fourth-order valence-corrected chi connectivity index (χ4v) is 5.86. The number of benzene rings is 2. The topological polar surface area (TPSA) is 79.7 Å². The Balaban J connectivity index is 1.54. The van der Waals surface area contributed by atoms with Gasteiger partial charge in [-0.05, 0) is 71.7 Å². The van der Waals surface area contributed by atoms with Crippen LogP contribution in [0.2, 0.25) is 0 Å². The number of aryl methyl sites for hydroxylation is 2. The molecule has 1 aliphatic rings. The van der Waals surface area contributed by atoms with Gasteiger partial charge < -0.3 is 4.98 Å². The van der Waals surface area contributed by atoms with Gasteiger partial charge in [0.15, 0.2) is 5.82 Å². The minimum atomic E-state index is -0.0103. The molecule has 0 radical (unpaired) electrons. The van der Waals surface area contributed by atoms with E-state index in [2.05, 4.69) is 83.4 Å². The van der Waals surface area contributed by atoms with Crippen LogP contribution in [0.25, 0.3) is 10.9 Å². The molecule has 2 aromatic heterocycles. The summed E-state index contributed by atoms with van der Waals surface area (Å²) in [4.78, 5) is 19.0. The van der Waals surface area contributed by atoms with Crippen LogP contribution in [-0.4, -0.2) is 36.1 Å². The Morgan fingerprint density at radius 1 is 1.08 bits per heavy atom. The molecule has 0 spiro atoms. The highest BCUT2D eigenvalue weighted by Crippen LogP contribution is 2.36. The number of nitrogens with zero attached hydrogens (tertiary/aromatic N) is 5. The molecule has 1 fully saturated rings. The standard InChI is InChI=1S/C29H36N6O/c1-19(2)27(28-31-32-33-35(28)17-22-10-6-5-7-11-22)34(25-12-8-9-13-25)18-24-16-23-15-20(3)14-21(4)26(23)30-29(24)36/h5-7,10-11,14-16,19,25,27H,8-9,12-13,17-18H2,1-4H3,(H,30,36). The lowest BCUT2D eigenvalue weighted by Crippen LogP contribution is -2.41. The zero-order valence-electron chi connectivity index (χ0n) is 21.7. The number of hydrogen-bond acceptors (Lipinski definition) is 5. The second-order valence-electron chi connectivity index (χ2n) is 10.6. The van der Waals surface area contributed by atoms with Crippen molar-refractivity contribution >= 4 is 10.9 Å². The number of H-pyrrole nitrogens is 1. The second-order valence-corrected chi connectivity index (χ2v) is 10.6. The maximum atomic E-state index is 13.3. The van der Waals surface area contributed by atoms with Crippen molar-refractivity contribution in [2.45, 2.75) is 78.6 Å². The van der Waals surface area contributed by atoms with E-state index in [9.17, 15) is 4.79 Å². The van der Waals surface area contributed by atoms with Crippen LogP contribution in [0.1, 0.15) is 73.7 Å². The molecule has 1 atom stereocenters. The molecule has 5 rings (SSSR count).